The van der Waals surface area contributed by atoms with Gasteiger partial charge >= 0.3 is 9.04 Å². The lowest BCUT2D eigenvalue weighted by Gasteiger charge is -2.21. The maximum Gasteiger partial charge on any atom is 0.353 e. The van der Waals surface area contributed by atoms with Crippen LogP contribution >= 0.6 is 0 Å². The molecule has 0 bridgehead atoms. The van der Waals surface area contributed by atoms with E-state index in [1.807, 2.05) is 30.3 Å². The van der Waals surface area contributed by atoms with Gasteiger partial charge in [0.15, 0.2) is 12.4 Å². The van der Waals surface area contributed by atoms with Crippen molar-refractivity contribution in [3.63, 3.8) is 0 Å². The second kappa shape index (κ2) is 6.65. The molecule has 1 radical (unpaired) electrons. The van der Waals surface area contributed by atoms with Crippen molar-refractivity contribution >= 4 is 25.2 Å². The third-order valence-corrected chi connectivity index (χ3v) is 6.08. The van der Waals surface area contributed by atoms with Crippen LogP contribution in [0.25, 0.3) is 0 Å². The lowest BCUT2D eigenvalue weighted by Crippen LogP contribution is -2.45. The Balaban J connectivity index is 1.94. The standard InChI is InChI=1S/C20H21O3Si/c1-20(2,3)15-9-11-17(12-10-15)24(16-7-5-4-6-8-16)23-19-14-22-13-18(19)21/h4-12,14H,13H2,1-3H3. The minimum atomic E-state index is -1.55. The van der Waals surface area contributed by atoms with Crippen molar-refractivity contribution in [3.05, 3.63) is 72.2 Å². The Morgan fingerprint density at radius 1 is 0.958 bits per heavy atom. The maximum absolute atomic E-state index is 11.9. The average molecular weight is 337 g/mol. The SMILES string of the molecule is CC(C)(C)c1ccc([Si](OC2=COCC2=O)c2ccccc2)cc1. The van der Waals surface area contributed by atoms with E-state index in [1.165, 1.54) is 11.8 Å². The molecule has 0 aromatic heterocycles. The number of ketones is 1. The lowest BCUT2D eigenvalue weighted by atomic mass is 9.87. The monoisotopic (exact) mass is 337 g/mol. The quantitative estimate of drug-likeness (QED) is 0.805. The summed E-state index contributed by atoms with van der Waals surface area (Å²) in [7, 11) is -1.55. The fourth-order valence-electron chi connectivity index (χ4n) is 2.52. The van der Waals surface area contributed by atoms with Gasteiger partial charge in [0, 0.05) is 0 Å². The number of benzene rings is 2. The van der Waals surface area contributed by atoms with Gasteiger partial charge in [-0.1, -0.05) is 75.4 Å². The summed E-state index contributed by atoms with van der Waals surface area (Å²) in [5, 5.41) is 2.21. The molecule has 0 fully saturated rings. The first kappa shape index (κ1) is 16.5. The fourth-order valence-corrected chi connectivity index (χ4v) is 4.43. The van der Waals surface area contributed by atoms with Crippen LogP contribution in [0.4, 0.5) is 0 Å². The number of carbonyl (C=O) groups is 1. The molecular formula is C20H21O3Si. The minimum Gasteiger partial charge on any atom is -0.528 e. The average Bonchev–Trinajstić information content (AvgIpc) is 2.98. The van der Waals surface area contributed by atoms with Crippen LogP contribution in [0, 0.1) is 0 Å². The Hall–Kier alpha value is -2.33. The lowest BCUT2D eigenvalue weighted by molar-refractivity contribution is -0.118. The molecule has 3 rings (SSSR count). The molecule has 0 saturated carbocycles. The van der Waals surface area contributed by atoms with Crippen molar-refractivity contribution in [2.75, 3.05) is 6.61 Å². The van der Waals surface area contributed by atoms with Crippen LogP contribution in [-0.4, -0.2) is 21.4 Å². The van der Waals surface area contributed by atoms with Crippen molar-refractivity contribution < 1.29 is 14.0 Å². The van der Waals surface area contributed by atoms with Crippen LogP contribution < -0.4 is 10.4 Å². The molecule has 2 aromatic rings. The topological polar surface area (TPSA) is 35.5 Å². The molecule has 0 saturated heterocycles. The first-order valence-electron chi connectivity index (χ1n) is 8.01. The summed E-state index contributed by atoms with van der Waals surface area (Å²) in [6.45, 7) is 6.66. The molecule has 1 heterocycles. The summed E-state index contributed by atoms with van der Waals surface area (Å²) in [6, 6.07) is 18.6. The molecule has 0 N–H and O–H groups in total. The first-order valence-corrected chi connectivity index (χ1v) is 9.42. The van der Waals surface area contributed by atoms with E-state index in [0.717, 1.165) is 10.4 Å². The summed E-state index contributed by atoms with van der Waals surface area (Å²) in [6.07, 6.45) is 1.43. The third kappa shape index (κ3) is 3.59. The van der Waals surface area contributed by atoms with E-state index >= 15 is 0 Å². The normalized spacial score (nSPS) is 14.5. The smallest absolute Gasteiger partial charge is 0.353 e. The number of Topliss-reactive ketones (excluding diaryl/α,β-unsaturated/α-hetero) is 1. The highest BCUT2D eigenvalue weighted by Gasteiger charge is 2.28. The van der Waals surface area contributed by atoms with Gasteiger partial charge in [0.25, 0.3) is 0 Å². The van der Waals surface area contributed by atoms with Crippen LogP contribution in [0.3, 0.4) is 0 Å². The number of hydrogen-bond donors (Lipinski definition) is 0. The Kier molecular flexibility index (Phi) is 4.58. The summed E-state index contributed by atoms with van der Waals surface area (Å²) in [4.78, 5) is 11.9. The Morgan fingerprint density at radius 3 is 2.12 bits per heavy atom. The second-order valence-corrected chi connectivity index (χ2v) is 8.86. The Labute approximate surface area is 144 Å². The number of hydrogen-bond acceptors (Lipinski definition) is 3. The summed E-state index contributed by atoms with van der Waals surface area (Å²) >= 11 is 0. The molecule has 0 amide bonds. The molecule has 1 aliphatic rings. The number of ether oxygens (including phenoxy) is 1. The zero-order valence-corrected chi connectivity index (χ0v) is 15.2. The highest BCUT2D eigenvalue weighted by atomic mass is 28.3. The molecule has 0 aliphatic carbocycles. The molecule has 4 heteroatoms. The minimum absolute atomic E-state index is 0.0717. The van der Waals surface area contributed by atoms with Crippen molar-refractivity contribution in [2.45, 2.75) is 26.2 Å². The van der Waals surface area contributed by atoms with Gasteiger partial charge in [0.05, 0.1) is 0 Å². The number of carbonyl (C=O) groups excluding carboxylic acids is 1. The zero-order valence-electron chi connectivity index (χ0n) is 14.2. The van der Waals surface area contributed by atoms with Crippen LogP contribution in [0.15, 0.2) is 66.6 Å². The summed E-state index contributed by atoms with van der Waals surface area (Å²) in [5.41, 5.74) is 1.39. The predicted octanol–water partition coefficient (Wildman–Crippen LogP) is 2.55. The van der Waals surface area contributed by atoms with E-state index in [9.17, 15) is 4.79 Å². The molecule has 123 valence electrons. The van der Waals surface area contributed by atoms with E-state index in [1.54, 1.807) is 0 Å². The van der Waals surface area contributed by atoms with Gasteiger partial charge in [-0.2, -0.15) is 0 Å². The van der Waals surface area contributed by atoms with Gasteiger partial charge in [0.2, 0.25) is 5.78 Å². The van der Waals surface area contributed by atoms with Crippen LogP contribution in [0.5, 0.6) is 0 Å². The highest BCUT2D eigenvalue weighted by molar-refractivity contribution is 6.80. The molecule has 0 atom stereocenters. The molecule has 24 heavy (non-hydrogen) atoms. The van der Waals surface area contributed by atoms with Crippen molar-refractivity contribution in [2.24, 2.45) is 0 Å². The second-order valence-electron chi connectivity index (χ2n) is 6.84. The van der Waals surface area contributed by atoms with E-state index in [-0.39, 0.29) is 17.8 Å². The van der Waals surface area contributed by atoms with Gasteiger partial charge in [-0.05, 0) is 21.4 Å². The first-order chi connectivity index (χ1) is 11.4. The molecule has 2 aromatic carbocycles. The van der Waals surface area contributed by atoms with Gasteiger partial charge in [0.1, 0.15) is 6.26 Å². The number of rotatable bonds is 4. The largest absolute Gasteiger partial charge is 0.528 e. The van der Waals surface area contributed by atoms with E-state index in [4.69, 9.17) is 9.16 Å². The summed E-state index contributed by atoms with van der Waals surface area (Å²) in [5.74, 6) is 0.229. The zero-order chi connectivity index (χ0) is 17.2. The Morgan fingerprint density at radius 2 is 1.58 bits per heavy atom. The molecule has 0 spiro atoms. The van der Waals surface area contributed by atoms with Gasteiger partial charge in [-0.15, -0.1) is 0 Å². The maximum atomic E-state index is 11.9. The van der Waals surface area contributed by atoms with Crippen molar-refractivity contribution in [1.29, 1.82) is 0 Å². The predicted molar refractivity (Wildman–Crippen MR) is 96.7 cm³/mol. The van der Waals surface area contributed by atoms with Gasteiger partial charge in [-0.25, -0.2) is 0 Å². The third-order valence-electron chi connectivity index (χ3n) is 3.94. The molecular weight excluding hydrogens is 316 g/mol. The fraction of sp³-hybridized carbons (Fsp3) is 0.250. The summed E-state index contributed by atoms with van der Waals surface area (Å²) < 4.78 is 11.2. The Bertz CT molecular complexity index is 743. The van der Waals surface area contributed by atoms with Gasteiger partial charge in [-0.3, -0.25) is 4.79 Å². The highest BCUT2D eigenvalue weighted by Crippen LogP contribution is 2.21. The van der Waals surface area contributed by atoms with E-state index < -0.39 is 9.04 Å². The van der Waals surface area contributed by atoms with Crippen LogP contribution in [0.2, 0.25) is 0 Å². The van der Waals surface area contributed by atoms with Crippen LogP contribution in [0.1, 0.15) is 26.3 Å². The van der Waals surface area contributed by atoms with Crippen molar-refractivity contribution in [3.8, 4) is 0 Å². The van der Waals surface area contributed by atoms with E-state index in [2.05, 4.69) is 45.0 Å². The molecule has 1 aliphatic heterocycles. The van der Waals surface area contributed by atoms with E-state index in [0.29, 0.717) is 5.76 Å². The van der Waals surface area contributed by atoms with Crippen molar-refractivity contribution in [1.82, 2.24) is 0 Å². The van der Waals surface area contributed by atoms with Crippen LogP contribution in [-0.2, 0) is 19.4 Å². The molecule has 0 unspecified atom stereocenters. The van der Waals surface area contributed by atoms with Gasteiger partial charge < -0.3 is 9.16 Å². The molecule has 3 nitrogen and oxygen atoms in total.